The molecule has 0 aromatic heterocycles. The monoisotopic (exact) mass is 476 g/mol. The first-order chi connectivity index (χ1) is 14.1. The summed E-state index contributed by atoms with van der Waals surface area (Å²) in [6.45, 7) is 7.52. The number of hydrogen-bond acceptors (Lipinski definition) is 4. The molecule has 7 heteroatoms. The summed E-state index contributed by atoms with van der Waals surface area (Å²) >= 11 is 3.45. The van der Waals surface area contributed by atoms with Crippen molar-refractivity contribution in [3.05, 3.63) is 58.6 Å². The molecule has 0 aliphatic carbocycles. The van der Waals surface area contributed by atoms with Gasteiger partial charge in [-0.25, -0.2) is 0 Å². The minimum atomic E-state index is -0.669. The molecule has 0 saturated heterocycles. The molecule has 2 rings (SSSR count). The van der Waals surface area contributed by atoms with Crippen molar-refractivity contribution in [1.29, 1.82) is 0 Å². The molecule has 0 saturated carbocycles. The Morgan fingerprint density at radius 2 is 1.77 bits per heavy atom. The van der Waals surface area contributed by atoms with Crippen LogP contribution in [-0.2, 0) is 16.1 Å². The molecule has 0 unspecified atom stereocenters. The average molecular weight is 477 g/mol. The largest absolute Gasteiger partial charge is 0.493 e. The van der Waals surface area contributed by atoms with Gasteiger partial charge in [0.05, 0.1) is 7.11 Å². The molecule has 0 spiro atoms. The van der Waals surface area contributed by atoms with Crippen molar-refractivity contribution in [2.24, 2.45) is 0 Å². The Balaban J connectivity index is 2.20. The summed E-state index contributed by atoms with van der Waals surface area (Å²) in [6, 6.07) is 14.1. The van der Waals surface area contributed by atoms with E-state index in [2.05, 4.69) is 21.2 Å². The summed E-state index contributed by atoms with van der Waals surface area (Å²) in [5.41, 5.74) is 0.509. The van der Waals surface area contributed by atoms with Crippen LogP contribution in [0, 0.1) is 0 Å². The Kier molecular flexibility index (Phi) is 8.29. The zero-order valence-corrected chi connectivity index (χ0v) is 19.7. The lowest BCUT2D eigenvalue weighted by Crippen LogP contribution is -2.53. The standard InChI is InChI=1S/C23H29BrN2O4/c1-16(22(28)25-23(2,3)4)26(14-17-9-8-10-18(24)13-17)21(27)15-30-20-12-7-6-11-19(20)29-5/h6-13,16H,14-15H2,1-5H3,(H,25,28)/t16-/m1/s1. The second-order valence-electron chi connectivity index (χ2n) is 8.01. The van der Waals surface area contributed by atoms with Gasteiger partial charge in [0.25, 0.3) is 5.91 Å². The molecule has 0 bridgehead atoms. The van der Waals surface area contributed by atoms with Crippen molar-refractivity contribution in [3.63, 3.8) is 0 Å². The first kappa shape index (κ1) is 23.7. The normalized spacial score (nSPS) is 12.1. The first-order valence-corrected chi connectivity index (χ1v) is 10.5. The van der Waals surface area contributed by atoms with Crippen LogP contribution in [0.1, 0.15) is 33.3 Å². The van der Waals surface area contributed by atoms with E-state index in [0.29, 0.717) is 11.5 Å². The Labute approximate surface area is 186 Å². The third kappa shape index (κ3) is 7.06. The van der Waals surface area contributed by atoms with Crippen LogP contribution in [0.25, 0.3) is 0 Å². The average Bonchev–Trinajstić information content (AvgIpc) is 2.68. The van der Waals surface area contributed by atoms with Gasteiger partial charge >= 0.3 is 0 Å². The molecule has 1 N–H and O–H groups in total. The third-order valence-electron chi connectivity index (χ3n) is 4.33. The van der Waals surface area contributed by atoms with Gasteiger partial charge in [-0.2, -0.15) is 0 Å². The summed E-state index contributed by atoms with van der Waals surface area (Å²) in [4.78, 5) is 27.4. The van der Waals surface area contributed by atoms with Gasteiger partial charge in [-0.05, 0) is 57.5 Å². The van der Waals surface area contributed by atoms with Gasteiger partial charge in [0, 0.05) is 16.6 Å². The highest BCUT2D eigenvalue weighted by molar-refractivity contribution is 9.10. The van der Waals surface area contributed by atoms with Gasteiger partial charge in [-0.3, -0.25) is 9.59 Å². The molecule has 162 valence electrons. The van der Waals surface area contributed by atoms with E-state index in [1.165, 1.54) is 4.90 Å². The van der Waals surface area contributed by atoms with E-state index >= 15 is 0 Å². The summed E-state index contributed by atoms with van der Waals surface area (Å²) in [5, 5.41) is 2.94. The maximum Gasteiger partial charge on any atom is 0.261 e. The number of nitrogens with zero attached hydrogens (tertiary/aromatic N) is 1. The van der Waals surface area contributed by atoms with Crippen LogP contribution in [0.4, 0.5) is 0 Å². The fourth-order valence-electron chi connectivity index (χ4n) is 2.85. The van der Waals surface area contributed by atoms with E-state index in [1.807, 2.05) is 51.1 Å². The molecular weight excluding hydrogens is 448 g/mol. The molecule has 0 radical (unpaired) electrons. The Morgan fingerprint density at radius 3 is 2.37 bits per heavy atom. The zero-order valence-electron chi connectivity index (χ0n) is 18.1. The molecule has 0 aliphatic rings. The van der Waals surface area contributed by atoms with E-state index in [-0.39, 0.29) is 25.0 Å². The number of benzene rings is 2. The molecule has 2 aromatic carbocycles. The minimum absolute atomic E-state index is 0.207. The number of carbonyl (C=O) groups excluding carboxylic acids is 2. The van der Waals surface area contributed by atoms with Crippen molar-refractivity contribution in [2.75, 3.05) is 13.7 Å². The molecule has 2 aromatic rings. The van der Waals surface area contributed by atoms with Crippen LogP contribution in [0.3, 0.4) is 0 Å². The molecule has 1 atom stereocenters. The minimum Gasteiger partial charge on any atom is -0.493 e. The maximum atomic E-state index is 13.1. The van der Waals surface area contributed by atoms with E-state index in [0.717, 1.165) is 10.0 Å². The number of hydrogen-bond donors (Lipinski definition) is 1. The Bertz CT molecular complexity index is 880. The highest BCUT2D eigenvalue weighted by atomic mass is 79.9. The smallest absolute Gasteiger partial charge is 0.261 e. The summed E-state index contributed by atoms with van der Waals surface area (Å²) in [5.74, 6) is 0.505. The molecule has 0 fully saturated rings. The second-order valence-corrected chi connectivity index (χ2v) is 8.92. The lowest BCUT2D eigenvalue weighted by atomic mass is 10.1. The topological polar surface area (TPSA) is 67.9 Å². The van der Waals surface area contributed by atoms with Crippen LogP contribution in [-0.4, -0.2) is 42.0 Å². The second kappa shape index (κ2) is 10.5. The van der Waals surface area contributed by atoms with Gasteiger partial charge < -0.3 is 19.7 Å². The van der Waals surface area contributed by atoms with E-state index in [4.69, 9.17) is 9.47 Å². The maximum absolute atomic E-state index is 13.1. The molecular formula is C23H29BrN2O4. The number of halogens is 1. The van der Waals surface area contributed by atoms with Crippen molar-refractivity contribution in [3.8, 4) is 11.5 Å². The SMILES string of the molecule is COc1ccccc1OCC(=O)N(Cc1cccc(Br)c1)[C@H](C)C(=O)NC(C)(C)C. The Hall–Kier alpha value is -2.54. The quantitative estimate of drug-likeness (QED) is 0.620. The van der Waals surface area contributed by atoms with Crippen molar-refractivity contribution in [2.45, 2.75) is 45.8 Å². The lowest BCUT2D eigenvalue weighted by Gasteiger charge is -2.31. The summed E-state index contributed by atoms with van der Waals surface area (Å²) in [6.07, 6.45) is 0. The number of methoxy groups -OCH3 is 1. The zero-order chi connectivity index (χ0) is 22.3. The van der Waals surface area contributed by atoms with Gasteiger partial charge in [0.2, 0.25) is 5.91 Å². The van der Waals surface area contributed by atoms with Crippen LogP contribution in [0.2, 0.25) is 0 Å². The van der Waals surface area contributed by atoms with Crippen molar-refractivity contribution >= 4 is 27.7 Å². The van der Waals surface area contributed by atoms with Crippen LogP contribution in [0.15, 0.2) is 53.0 Å². The molecule has 30 heavy (non-hydrogen) atoms. The number of carbonyl (C=O) groups is 2. The van der Waals surface area contributed by atoms with Crippen LogP contribution in [0.5, 0.6) is 11.5 Å². The Morgan fingerprint density at radius 1 is 1.10 bits per heavy atom. The van der Waals surface area contributed by atoms with Crippen LogP contribution >= 0.6 is 15.9 Å². The van der Waals surface area contributed by atoms with Gasteiger partial charge in [-0.1, -0.05) is 40.2 Å². The number of ether oxygens (including phenoxy) is 2. The first-order valence-electron chi connectivity index (χ1n) is 9.72. The third-order valence-corrected chi connectivity index (χ3v) is 4.82. The lowest BCUT2D eigenvalue weighted by molar-refractivity contribution is -0.142. The van der Waals surface area contributed by atoms with E-state index in [1.54, 1.807) is 32.2 Å². The predicted octanol–water partition coefficient (Wildman–Crippen LogP) is 4.17. The van der Waals surface area contributed by atoms with E-state index < -0.39 is 11.6 Å². The fraction of sp³-hybridized carbons (Fsp3) is 0.391. The van der Waals surface area contributed by atoms with Gasteiger partial charge in [0.1, 0.15) is 6.04 Å². The summed E-state index contributed by atoms with van der Waals surface area (Å²) in [7, 11) is 1.54. The van der Waals surface area contributed by atoms with Crippen LogP contribution < -0.4 is 14.8 Å². The highest BCUT2D eigenvalue weighted by Crippen LogP contribution is 2.26. The molecule has 6 nitrogen and oxygen atoms in total. The molecule has 0 heterocycles. The fourth-order valence-corrected chi connectivity index (χ4v) is 3.30. The molecule has 0 aliphatic heterocycles. The predicted molar refractivity (Wildman–Crippen MR) is 121 cm³/mol. The van der Waals surface area contributed by atoms with Crippen molar-refractivity contribution in [1.82, 2.24) is 10.2 Å². The highest BCUT2D eigenvalue weighted by Gasteiger charge is 2.28. The summed E-state index contributed by atoms with van der Waals surface area (Å²) < 4.78 is 11.9. The molecule has 2 amide bonds. The number of amides is 2. The van der Waals surface area contributed by atoms with Gasteiger partial charge in [0.15, 0.2) is 18.1 Å². The van der Waals surface area contributed by atoms with E-state index in [9.17, 15) is 9.59 Å². The van der Waals surface area contributed by atoms with Crippen molar-refractivity contribution < 1.29 is 19.1 Å². The number of nitrogens with one attached hydrogen (secondary N) is 1. The number of para-hydroxylation sites is 2. The number of rotatable bonds is 8. The van der Waals surface area contributed by atoms with Gasteiger partial charge in [-0.15, -0.1) is 0 Å².